The third-order valence-electron chi connectivity index (χ3n) is 2.07. The Kier molecular flexibility index (Phi) is 4.21. The molecule has 0 radical (unpaired) electrons. The van der Waals surface area contributed by atoms with Gasteiger partial charge in [-0.1, -0.05) is 25.4 Å². The number of hydrogen-bond donors (Lipinski definition) is 1. The van der Waals surface area contributed by atoms with Crippen LogP contribution >= 0.6 is 11.6 Å². The number of rotatable bonds is 4. The molecule has 0 aliphatic heterocycles. The van der Waals surface area contributed by atoms with Crippen LogP contribution in [0.3, 0.4) is 0 Å². The minimum absolute atomic E-state index is 0.0441. The summed E-state index contributed by atoms with van der Waals surface area (Å²) in [5.74, 6) is 0.238. The van der Waals surface area contributed by atoms with Crippen LogP contribution in [0, 0.1) is 5.92 Å². The highest BCUT2D eigenvalue weighted by molar-refractivity contribution is 7.90. The first-order valence-electron chi connectivity index (χ1n) is 5.04. The predicted molar refractivity (Wildman–Crippen MR) is 68.2 cm³/mol. The average molecular weight is 262 g/mol. The third kappa shape index (κ3) is 4.02. The molecular formula is C11H16ClNO2S. The first kappa shape index (κ1) is 13.3. The lowest BCUT2D eigenvalue weighted by molar-refractivity contribution is 0.581. The summed E-state index contributed by atoms with van der Waals surface area (Å²) in [5, 5.41) is 0.504. The van der Waals surface area contributed by atoms with Crippen LogP contribution in [0.4, 0.5) is 5.69 Å². The lowest BCUT2D eigenvalue weighted by atomic mass is 10.2. The molecule has 0 atom stereocenters. The second-order valence-electron chi connectivity index (χ2n) is 4.29. The van der Waals surface area contributed by atoms with Gasteiger partial charge in [0.1, 0.15) is 0 Å². The van der Waals surface area contributed by atoms with Crippen LogP contribution in [0.2, 0.25) is 5.02 Å². The molecule has 1 aromatic rings. The average Bonchev–Trinajstić information content (AvgIpc) is 2.08. The van der Waals surface area contributed by atoms with Crippen molar-refractivity contribution in [1.82, 2.24) is 0 Å². The summed E-state index contributed by atoms with van der Waals surface area (Å²) in [5.41, 5.74) is 6.75. The van der Waals surface area contributed by atoms with Gasteiger partial charge in [-0.2, -0.15) is 0 Å². The second kappa shape index (κ2) is 5.06. The van der Waals surface area contributed by atoms with Crippen LogP contribution in [-0.2, 0) is 15.6 Å². The fourth-order valence-electron chi connectivity index (χ4n) is 1.50. The van der Waals surface area contributed by atoms with Crippen LogP contribution in [-0.4, -0.2) is 14.2 Å². The zero-order valence-electron chi connectivity index (χ0n) is 9.40. The molecule has 0 saturated carbocycles. The van der Waals surface area contributed by atoms with Gasteiger partial charge in [-0.15, -0.1) is 0 Å². The Labute approximate surface area is 102 Å². The van der Waals surface area contributed by atoms with E-state index in [0.29, 0.717) is 16.3 Å². The molecule has 0 amide bonds. The quantitative estimate of drug-likeness (QED) is 0.847. The van der Waals surface area contributed by atoms with Gasteiger partial charge in [0.05, 0.1) is 11.5 Å². The van der Waals surface area contributed by atoms with Gasteiger partial charge in [0.25, 0.3) is 0 Å². The lowest BCUT2D eigenvalue weighted by Gasteiger charge is -2.09. The molecule has 0 heterocycles. The molecule has 0 bridgehead atoms. The number of sulfone groups is 1. The molecule has 0 saturated heterocycles. The van der Waals surface area contributed by atoms with Crippen LogP contribution in [0.1, 0.15) is 19.4 Å². The van der Waals surface area contributed by atoms with Gasteiger partial charge in [-0.25, -0.2) is 8.42 Å². The number of benzene rings is 1. The Morgan fingerprint density at radius 3 is 2.56 bits per heavy atom. The van der Waals surface area contributed by atoms with E-state index in [4.69, 9.17) is 17.3 Å². The van der Waals surface area contributed by atoms with Crippen molar-refractivity contribution < 1.29 is 8.42 Å². The molecule has 0 unspecified atom stereocenters. The van der Waals surface area contributed by atoms with Crippen molar-refractivity contribution in [2.75, 3.05) is 11.5 Å². The van der Waals surface area contributed by atoms with Crippen molar-refractivity contribution in [2.24, 2.45) is 5.92 Å². The molecule has 5 heteroatoms. The summed E-state index contributed by atoms with van der Waals surface area (Å²) in [4.78, 5) is 0. The number of nitrogen functional groups attached to an aromatic ring is 1. The molecular weight excluding hydrogens is 246 g/mol. The monoisotopic (exact) mass is 261 g/mol. The van der Waals surface area contributed by atoms with E-state index in [1.54, 1.807) is 18.2 Å². The van der Waals surface area contributed by atoms with Crippen molar-refractivity contribution in [3.63, 3.8) is 0 Å². The van der Waals surface area contributed by atoms with Crippen LogP contribution in [0.15, 0.2) is 18.2 Å². The Morgan fingerprint density at radius 1 is 1.38 bits per heavy atom. The van der Waals surface area contributed by atoms with Gasteiger partial charge in [0.2, 0.25) is 0 Å². The zero-order valence-corrected chi connectivity index (χ0v) is 11.0. The normalized spacial score (nSPS) is 12.0. The summed E-state index contributed by atoms with van der Waals surface area (Å²) in [6, 6.07) is 4.88. The molecule has 90 valence electrons. The van der Waals surface area contributed by atoms with E-state index in [1.807, 2.05) is 13.8 Å². The van der Waals surface area contributed by atoms with E-state index in [2.05, 4.69) is 0 Å². The molecule has 1 rings (SSSR count). The predicted octanol–water partition coefficient (Wildman–Crippen LogP) is 2.49. The standard InChI is InChI=1S/C11H16ClNO2S/c1-8(2)6-16(14,15)7-9-5-10(12)3-4-11(9)13/h3-5,8H,6-7,13H2,1-2H3. The van der Waals surface area contributed by atoms with E-state index < -0.39 is 9.84 Å². The molecule has 0 fully saturated rings. The Balaban J connectivity index is 2.92. The molecule has 0 spiro atoms. The van der Waals surface area contributed by atoms with Crippen molar-refractivity contribution in [3.8, 4) is 0 Å². The smallest absolute Gasteiger partial charge is 0.154 e. The summed E-state index contributed by atoms with van der Waals surface area (Å²) in [6.07, 6.45) is 0. The molecule has 3 nitrogen and oxygen atoms in total. The van der Waals surface area contributed by atoms with Crippen molar-refractivity contribution in [3.05, 3.63) is 28.8 Å². The number of hydrogen-bond acceptors (Lipinski definition) is 3. The first-order valence-corrected chi connectivity index (χ1v) is 7.24. The van der Waals surface area contributed by atoms with Gasteiger partial charge in [-0.3, -0.25) is 0 Å². The molecule has 16 heavy (non-hydrogen) atoms. The molecule has 2 N–H and O–H groups in total. The topological polar surface area (TPSA) is 60.2 Å². The largest absolute Gasteiger partial charge is 0.398 e. The summed E-state index contributed by atoms with van der Waals surface area (Å²) >= 11 is 5.80. The van der Waals surface area contributed by atoms with Gasteiger partial charge >= 0.3 is 0 Å². The van der Waals surface area contributed by atoms with E-state index >= 15 is 0 Å². The minimum Gasteiger partial charge on any atom is -0.398 e. The van der Waals surface area contributed by atoms with Gasteiger partial charge in [-0.05, 0) is 29.7 Å². The van der Waals surface area contributed by atoms with Crippen molar-refractivity contribution in [1.29, 1.82) is 0 Å². The second-order valence-corrected chi connectivity index (χ2v) is 6.84. The summed E-state index contributed by atoms with van der Waals surface area (Å²) in [6.45, 7) is 3.75. The SMILES string of the molecule is CC(C)CS(=O)(=O)Cc1cc(Cl)ccc1N. The number of halogens is 1. The van der Waals surface area contributed by atoms with Crippen LogP contribution in [0.25, 0.3) is 0 Å². The molecule has 0 aliphatic rings. The highest BCUT2D eigenvalue weighted by Crippen LogP contribution is 2.21. The highest BCUT2D eigenvalue weighted by Gasteiger charge is 2.15. The fraction of sp³-hybridized carbons (Fsp3) is 0.455. The maximum Gasteiger partial charge on any atom is 0.154 e. The van der Waals surface area contributed by atoms with Gasteiger partial charge < -0.3 is 5.73 Å². The minimum atomic E-state index is -3.11. The summed E-state index contributed by atoms with van der Waals surface area (Å²) < 4.78 is 23.6. The molecule has 0 aliphatic carbocycles. The van der Waals surface area contributed by atoms with Crippen molar-refractivity contribution in [2.45, 2.75) is 19.6 Å². The maximum atomic E-state index is 11.8. The first-order chi connectivity index (χ1) is 7.30. The zero-order chi connectivity index (χ0) is 12.3. The van der Waals surface area contributed by atoms with Crippen LogP contribution < -0.4 is 5.73 Å². The Morgan fingerprint density at radius 2 is 2.00 bits per heavy atom. The van der Waals surface area contributed by atoms with Crippen molar-refractivity contribution >= 4 is 27.1 Å². The van der Waals surface area contributed by atoms with Gasteiger partial charge in [0, 0.05) is 10.7 Å². The molecule has 0 aromatic heterocycles. The number of anilines is 1. The van der Waals surface area contributed by atoms with Gasteiger partial charge in [0.15, 0.2) is 9.84 Å². The van der Waals surface area contributed by atoms with E-state index in [-0.39, 0.29) is 17.4 Å². The maximum absolute atomic E-state index is 11.8. The van der Waals surface area contributed by atoms with E-state index in [1.165, 1.54) is 0 Å². The number of nitrogens with two attached hydrogens (primary N) is 1. The van der Waals surface area contributed by atoms with E-state index in [0.717, 1.165) is 0 Å². The lowest BCUT2D eigenvalue weighted by Crippen LogP contribution is -2.14. The summed E-state index contributed by atoms with van der Waals surface area (Å²) in [7, 11) is -3.11. The third-order valence-corrected chi connectivity index (χ3v) is 4.23. The highest BCUT2D eigenvalue weighted by atomic mass is 35.5. The van der Waals surface area contributed by atoms with E-state index in [9.17, 15) is 8.42 Å². The van der Waals surface area contributed by atoms with Crippen LogP contribution in [0.5, 0.6) is 0 Å². The molecule has 1 aromatic carbocycles. The Hall–Kier alpha value is -0.740. The fourth-order valence-corrected chi connectivity index (χ4v) is 3.56. The Bertz CT molecular complexity index is 469.